The predicted molar refractivity (Wildman–Crippen MR) is 102 cm³/mol. The highest BCUT2D eigenvalue weighted by Crippen LogP contribution is 2.14. The lowest BCUT2D eigenvalue weighted by Gasteiger charge is -2.34. The summed E-state index contributed by atoms with van der Waals surface area (Å²) in [6, 6.07) is 10.3. The van der Waals surface area contributed by atoms with Gasteiger partial charge < -0.3 is 10.2 Å². The van der Waals surface area contributed by atoms with Crippen molar-refractivity contribution in [2.75, 3.05) is 32.7 Å². The van der Waals surface area contributed by atoms with Crippen molar-refractivity contribution < 1.29 is 18.4 Å². The van der Waals surface area contributed by atoms with E-state index in [0.29, 0.717) is 37.3 Å². The van der Waals surface area contributed by atoms with Crippen molar-refractivity contribution in [2.24, 2.45) is 0 Å². The van der Waals surface area contributed by atoms with Gasteiger partial charge in [-0.25, -0.2) is 8.78 Å². The molecule has 1 N–H and O–H groups in total. The van der Waals surface area contributed by atoms with Gasteiger partial charge >= 0.3 is 0 Å². The molecule has 0 spiro atoms. The molecule has 3 rings (SSSR count). The van der Waals surface area contributed by atoms with Gasteiger partial charge in [-0.15, -0.1) is 0 Å². The molecule has 2 amide bonds. The van der Waals surface area contributed by atoms with Crippen LogP contribution in [0, 0.1) is 11.6 Å². The molecule has 5 nitrogen and oxygen atoms in total. The quantitative estimate of drug-likeness (QED) is 0.829. The van der Waals surface area contributed by atoms with Gasteiger partial charge in [0.05, 0.1) is 12.1 Å². The number of carbonyl (C=O) groups is 2. The second kappa shape index (κ2) is 9.12. The van der Waals surface area contributed by atoms with E-state index in [-0.39, 0.29) is 18.0 Å². The smallest absolute Gasteiger partial charge is 0.254 e. The number of hydrogen-bond acceptors (Lipinski definition) is 3. The Hall–Kier alpha value is -2.51. The average Bonchev–Trinajstić information content (AvgIpc) is 2.66. The standard InChI is InChI=1S/C20H20ClF2N3O2/c21-15-3-1-2-14(10-15)13-25-6-8-26(9-7-25)19(27)12-24-20(28)17-5-4-16(22)11-18(17)23/h1-5,10-11H,6-9,12-13H2,(H,24,28). The van der Waals surface area contributed by atoms with Crippen molar-refractivity contribution in [3.63, 3.8) is 0 Å². The van der Waals surface area contributed by atoms with Crippen LogP contribution in [-0.4, -0.2) is 54.3 Å². The fourth-order valence-corrected chi connectivity index (χ4v) is 3.30. The minimum Gasteiger partial charge on any atom is -0.343 e. The first kappa shape index (κ1) is 20.2. The molecule has 1 aliphatic rings. The maximum atomic E-state index is 13.6. The van der Waals surface area contributed by atoms with E-state index in [2.05, 4.69) is 10.2 Å². The Bertz CT molecular complexity index is 870. The zero-order chi connectivity index (χ0) is 20.1. The summed E-state index contributed by atoms with van der Waals surface area (Å²) in [5.74, 6) is -2.70. The number of carbonyl (C=O) groups excluding carboxylic acids is 2. The van der Waals surface area contributed by atoms with Crippen LogP contribution in [0.1, 0.15) is 15.9 Å². The van der Waals surface area contributed by atoms with Crippen LogP contribution in [0.4, 0.5) is 8.78 Å². The highest BCUT2D eigenvalue weighted by Gasteiger charge is 2.22. The van der Waals surface area contributed by atoms with E-state index in [9.17, 15) is 18.4 Å². The van der Waals surface area contributed by atoms with Gasteiger partial charge in [0.15, 0.2) is 0 Å². The first-order valence-corrected chi connectivity index (χ1v) is 9.28. The second-order valence-corrected chi connectivity index (χ2v) is 7.03. The molecule has 28 heavy (non-hydrogen) atoms. The third-order valence-electron chi connectivity index (χ3n) is 4.60. The van der Waals surface area contributed by atoms with E-state index in [1.54, 1.807) is 4.90 Å². The van der Waals surface area contributed by atoms with Gasteiger partial charge in [0, 0.05) is 43.8 Å². The highest BCUT2D eigenvalue weighted by molar-refractivity contribution is 6.30. The van der Waals surface area contributed by atoms with Crippen molar-refractivity contribution in [3.8, 4) is 0 Å². The van der Waals surface area contributed by atoms with Crippen molar-refractivity contribution in [3.05, 3.63) is 70.2 Å². The summed E-state index contributed by atoms with van der Waals surface area (Å²) in [7, 11) is 0. The summed E-state index contributed by atoms with van der Waals surface area (Å²) >= 11 is 6.00. The van der Waals surface area contributed by atoms with Gasteiger partial charge in [0.2, 0.25) is 5.91 Å². The van der Waals surface area contributed by atoms with Crippen LogP contribution < -0.4 is 5.32 Å². The number of nitrogens with one attached hydrogen (secondary N) is 1. The van der Waals surface area contributed by atoms with Crippen LogP contribution in [0.15, 0.2) is 42.5 Å². The average molecular weight is 408 g/mol. The number of piperazine rings is 1. The van der Waals surface area contributed by atoms with Gasteiger partial charge in [-0.1, -0.05) is 23.7 Å². The third-order valence-corrected chi connectivity index (χ3v) is 4.83. The fourth-order valence-electron chi connectivity index (χ4n) is 3.09. The van der Waals surface area contributed by atoms with Crippen LogP contribution in [0.3, 0.4) is 0 Å². The Balaban J connectivity index is 1.45. The summed E-state index contributed by atoms with van der Waals surface area (Å²) in [5.41, 5.74) is 0.821. The van der Waals surface area contributed by atoms with E-state index < -0.39 is 17.5 Å². The number of rotatable bonds is 5. The Morgan fingerprint density at radius 3 is 2.46 bits per heavy atom. The molecule has 2 aromatic rings. The molecular weight excluding hydrogens is 388 g/mol. The summed E-state index contributed by atoms with van der Waals surface area (Å²) in [4.78, 5) is 28.2. The molecule has 0 aromatic heterocycles. The van der Waals surface area contributed by atoms with Crippen LogP contribution in [-0.2, 0) is 11.3 Å². The lowest BCUT2D eigenvalue weighted by atomic mass is 10.2. The zero-order valence-electron chi connectivity index (χ0n) is 15.1. The summed E-state index contributed by atoms with van der Waals surface area (Å²) < 4.78 is 26.5. The monoisotopic (exact) mass is 407 g/mol. The SMILES string of the molecule is O=C(NCC(=O)N1CCN(Cc2cccc(Cl)c2)CC1)c1ccc(F)cc1F. The van der Waals surface area contributed by atoms with Crippen molar-refractivity contribution in [1.82, 2.24) is 15.1 Å². The Labute approximate surface area is 166 Å². The van der Waals surface area contributed by atoms with E-state index in [4.69, 9.17) is 11.6 Å². The maximum Gasteiger partial charge on any atom is 0.254 e. The molecule has 2 aromatic carbocycles. The maximum absolute atomic E-state index is 13.6. The van der Waals surface area contributed by atoms with E-state index in [1.807, 2.05) is 24.3 Å². The largest absolute Gasteiger partial charge is 0.343 e. The van der Waals surface area contributed by atoms with Crippen molar-refractivity contribution >= 4 is 23.4 Å². The van der Waals surface area contributed by atoms with E-state index >= 15 is 0 Å². The number of amides is 2. The van der Waals surface area contributed by atoms with Crippen LogP contribution in [0.5, 0.6) is 0 Å². The summed E-state index contributed by atoms with van der Waals surface area (Å²) in [6.07, 6.45) is 0. The van der Waals surface area contributed by atoms with E-state index in [1.165, 1.54) is 0 Å². The molecule has 0 bridgehead atoms. The molecule has 1 aliphatic heterocycles. The Morgan fingerprint density at radius 1 is 1.04 bits per heavy atom. The zero-order valence-corrected chi connectivity index (χ0v) is 15.9. The van der Waals surface area contributed by atoms with Gasteiger partial charge in [0.25, 0.3) is 5.91 Å². The van der Waals surface area contributed by atoms with Gasteiger partial charge in [0.1, 0.15) is 11.6 Å². The lowest BCUT2D eigenvalue weighted by Crippen LogP contribution is -2.50. The minimum absolute atomic E-state index is 0.232. The molecule has 0 saturated carbocycles. The number of halogens is 3. The highest BCUT2D eigenvalue weighted by atomic mass is 35.5. The normalized spacial score (nSPS) is 14.8. The molecule has 8 heteroatoms. The Kier molecular flexibility index (Phi) is 6.59. The fraction of sp³-hybridized carbons (Fsp3) is 0.300. The number of benzene rings is 2. The molecule has 0 unspecified atom stereocenters. The minimum atomic E-state index is -0.959. The molecular formula is C20H20ClF2N3O2. The Morgan fingerprint density at radius 2 is 1.79 bits per heavy atom. The first-order valence-electron chi connectivity index (χ1n) is 8.90. The van der Waals surface area contributed by atoms with Gasteiger partial charge in [-0.05, 0) is 29.8 Å². The molecule has 1 fully saturated rings. The lowest BCUT2D eigenvalue weighted by molar-refractivity contribution is -0.131. The molecule has 148 valence electrons. The number of nitrogens with zero attached hydrogens (tertiary/aromatic N) is 2. The topological polar surface area (TPSA) is 52.7 Å². The molecule has 0 atom stereocenters. The van der Waals surface area contributed by atoms with Crippen LogP contribution >= 0.6 is 11.6 Å². The molecule has 0 aliphatic carbocycles. The van der Waals surface area contributed by atoms with Gasteiger partial charge in [-0.2, -0.15) is 0 Å². The molecule has 0 radical (unpaired) electrons. The summed E-state index contributed by atoms with van der Waals surface area (Å²) in [5, 5.41) is 3.09. The third kappa shape index (κ3) is 5.27. The van der Waals surface area contributed by atoms with Crippen LogP contribution in [0.25, 0.3) is 0 Å². The van der Waals surface area contributed by atoms with Gasteiger partial charge in [-0.3, -0.25) is 14.5 Å². The predicted octanol–water partition coefficient (Wildman–Crippen LogP) is 2.69. The van der Waals surface area contributed by atoms with E-state index in [0.717, 1.165) is 24.2 Å². The molecule has 1 saturated heterocycles. The summed E-state index contributed by atoms with van der Waals surface area (Å²) in [6.45, 7) is 3.02. The number of hydrogen-bond donors (Lipinski definition) is 1. The second-order valence-electron chi connectivity index (χ2n) is 6.59. The first-order chi connectivity index (χ1) is 13.4. The van der Waals surface area contributed by atoms with Crippen molar-refractivity contribution in [2.45, 2.75) is 6.54 Å². The van der Waals surface area contributed by atoms with Crippen molar-refractivity contribution in [1.29, 1.82) is 0 Å². The molecule has 1 heterocycles. The van der Waals surface area contributed by atoms with Crippen LogP contribution in [0.2, 0.25) is 5.02 Å².